The van der Waals surface area contributed by atoms with E-state index < -0.39 is 0 Å². The van der Waals surface area contributed by atoms with Gasteiger partial charge >= 0.3 is 0 Å². The van der Waals surface area contributed by atoms with Crippen LogP contribution in [0.5, 0.6) is 0 Å². The van der Waals surface area contributed by atoms with E-state index in [4.69, 9.17) is 16.3 Å². The van der Waals surface area contributed by atoms with Gasteiger partial charge in [0.05, 0.1) is 23.5 Å². The first-order valence-corrected chi connectivity index (χ1v) is 7.20. The number of aryl methyl sites for hydroxylation is 1. The summed E-state index contributed by atoms with van der Waals surface area (Å²) in [5.41, 5.74) is 1.13. The minimum absolute atomic E-state index is 0.0283. The summed E-state index contributed by atoms with van der Waals surface area (Å²) in [6.07, 6.45) is 0.868. The number of amides is 1. The summed E-state index contributed by atoms with van der Waals surface area (Å²) in [6, 6.07) is 2.03. The van der Waals surface area contributed by atoms with Crippen molar-refractivity contribution in [2.75, 3.05) is 25.6 Å². The molecule has 1 unspecified atom stereocenters. The molecule has 1 aromatic rings. The molecule has 0 bridgehead atoms. The molecule has 1 saturated heterocycles. The molecule has 0 aromatic carbocycles. The molecule has 94 valence electrons. The third kappa shape index (κ3) is 2.81. The lowest BCUT2D eigenvalue weighted by Crippen LogP contribution is -2.46. The zero-order valence-electron chi connectivity index (χ0n) is 9.82. The van der Waals surface area contributed by atoms with E-state index in [0.717, 1.165) is 16.9 Å². The maximum absolute atomic E-state index is 12.3. The molecule has 0 aliphatic carbocycles. The Morgan fingerprint density at radius 1 is 1.71 bits per heavy atom. The van der Waals surface area contributed by atoms with Crippen LogP contribution in [0.15, 0.2) is 11.4 Å². The van der Waals surface area contributed by atoms with Crippen molar-refractivity contribution in [1.82, 2.24) is 4.90 Å². The van der Waals surface area contributed by atoms with Gasteiger partial charge in [-0.25, -0.2) is 0 Å². The van der Waals surface area contributed by atoms with Crippen LogP contribution < -0.4 is 0 Å². The normalized spacial score (nSPS) is 20.6. The third-order valence-electron chi connectivity index (χ3n) is 2.92. The number of nitrogens with zero attached hydrogens (tertiary/aromatic N) is 1. The fourth-order valence-electron chi connectivity index (χ4n) is 1.94. The molecular formula is C12H16ClNO2S. The van der Waals surface area contributed by atoms with Gasteiger partial charge in [0.1, 0.15) is 0 Å². The van der Waals surface area contributed by atoms with E-state index in [2.05, 4.69) is 6.92 Å². The molecule has 1 aromatic heterocycles. The van der Waals surface area contributed by atoms with E-state index in [9.17, 15) is 4.79 Å². The number of hydrogen-bond acceptors (Lipinski definition) is 3. The van der Waals surface area contributed by atoms with Crippen LogP contribution in [0.2, 0.25) is 0 Å². The van der Waals surface area contributed by atoms with Gasteiger partial charge in [0.15, 0.2) is 0 Å². The van der Waals surface area contributed by atoms with Crippen LogP contribution in [0.4, 0.5) is 0 Å². The van der Waals surface area contributed by atoms with Gasteiger partial charge in [0.2, 0.25) is 0 Å². The number of ether oxygens (including phenoxy) is 1. The summed E-state index contributed by atoms with van der Waals surface area (Å²) >= 11 is 7.29. The van der Waals surface area contributed by atoms with Crippen LogP contribution in [0, 0.1) is 0 Å². The monoisotopic (exact) mass is 273 g/mol. The Morgan fingerprint density at radius 3 is 3.24 bits per heavy atom. The molecule has 1 fully saturated rings. The van der Waals surface area contributed by atoms with Gasteiger partial charge in [-0.2, -0.15) is 0 Å². The van der Waals surface area contributed by atoms with Crippen molar-refractivity contribution in [2.45, 2.75) is 19.4 Å². The smallest absolute Gasteiger partial charge is 0.264 e. The molecule has 5 heteroatoms. The van der Waals surface area contributed by atoms with Crippen LogP contribution in [0.1, 0.15) is 22.2 Å². The average molecular weight is 274 g/mol. The molecule has 0 radical (unpaired) electrons. The van der Waals surface area contributed by atoms with Crippen molar-refractivity contribution < 1.29 is 9.53 Å². The highest BCUT2D eigenvalue weighted by molar-refractivity contribution is 7.12. The summed E-state index contributed by atoms with van der Waals surface area (Å²) in [6.45, 7) is 3.91. The predicted molar refractivity (Wildman–Crippen MR) is 70.1 cm³/mol. The second-order valence-corrected chi connectivity index (χ2v) is 5.25. The minimum atomic E-state index is -0.0283. The second kappa shape index (κ2) is 5.85. The van der Waals surface area contributed by atoms with Crippen LogP contribution in [-0.4, -0.2) is 42.5 Å². The highest BCUT2D eigenvalue weighted by Crippen LogP contribution is 2.21. The molecule has 2 rings (SSSR count). The summed E-state index contributed by atoms with van der Waals surface area (Å²) in [7, 11) is 0. The highest BCUT2D eigenvalue weighted by atomic mass is 35.5. The number of carbonyl (C=O) groups excluding carboxylic acids is 1. The van der Waals surface area contributed by atoms with Gasteiger partial charge in [-0.15, -0.1) is 22.9 Å². The maximum Gasteiger partial charge on any atom is 0.264 e. The van der Waals surface area contributed by atoms with Crippen LogP contribution in [-0.2, 0) is 11.2 Å². The summed E-state index contributed by atoms with van der Waals surface area (Å²) in [5, 5.41) is 1.98. The number of morpholine rings is 1. The van der Waals surface area contributed by atoms with Crippen LogP contribution >= 0.6 is 22.9 Å². The Morgan fingerprint density at radius 2 is 2.53 bits per heavy atom. The Hall–Kier alpha value is -0.580. The predicted octanol–water partition coefficient (Wildman–Crippen LogP) is 2.39. The lowest BCUT2D eigenvalue weighted by atomic mass is 10.2. The SMILES string of the molecule is CCc1ccsc1C(=O)N1CCOC(CCl)C1. The minimum Gasteiger partial charge on any atom is -0.373 e. The Kier molecular flexibility index (Phi) is 4.42. The standard InChI is InChI=1S/C12H16ClNO2S/c1-2-9-3-6-17-11(9)12(15)14-4-5-16-10(7-13)8-14/h3,6,10H,2,4-5,7-8H2,1H3. The number of hydrogen-bond donors (Lipinski definition) is 0. The number of carbonyl (C=O) groups is 1. The lowest BCUT2D eigenvalue weighted by molar-refractivity contribution is -0.0106. The van der Waals surface area contributed by atoms with E-state index >= 15 is 0 Å². The largest absolute Gasteiger partial charge is 0.373 e. The first kappa shape index (κ1) is 12.9. The van der Waals surface area contributed by atoms with Crippen LogP contribution in [0.25, 0.3) is 0 Å². The molecule has 1 aliphatic rings. The number of alkyl halides is 1. The topological polar surface area (TPSA) is 29.5 Å². The van der Waals surface area contributed by atoms with Crippen molar-refractivity contribution >= 4 is 28.8 Å². The molecule has 3 nitrogen and oxygen atoms in total. The lowest BCUT2D eigenvalue weighted by Gasteiger charge is -2.32. The second-order valence-electron chi connectivity index (χ2n) is 4.03. The molecule has 1 amide bonds. The van der Waals surface area contributed by atoms with Crippen LogP contribution in [0.3, 0.4) is 0 Å². The highest BCUT2D eigenvalue weighted by Gasteiger charge is 2.26. The Balaban J connectivity index is 2.09. The maximum atomic E-state index is 12.3. The van der Waals surface area contributed by atoms with E-state index in [1.54, 1.807) is 0 Å². The number of rotatable bonds is 3. The van der Waals surface area contributed by atoms with Gasteiger partial charge in [0.25, 0.3) is 5.91 Å². The van der Waals surface area contributed by atoms with Gasteiger partial charge in [-0.05, 0) is 23.4 Å². The molecule has 1 aliphatic heterocycles. The number of halogens is 1. The van der Waals surface area contributed by atoms with Crippen molar-refractivity contribution in [3.8, 4) is 0 Å². The number of thiophene rings is 1. The molecule has 1 atom stereocenters. The van der Waals surface area contributed by atoms with Crippen molar-refractivity contribution in [3.63, 3.8) is 0 Å². The Bertz CT molecular complexity index is 394. The summed E-state index contributed by atoms with van der Waals surface area (Å²) in [4.78, 5) is 15.1. The molecule has 0 saturated carbocycles. The molecular weight excluding hydrogens is 258 g/mol. The quantitative estimate of drug-likeness (QED) is 0.792. The van der Waals surface area contributed by atoms with Crippen molar-refractivity contribution in [2.24, 2.45) is 0 Å². The molecule has 17 heavy (non-hydrogen) atoms. The molecule has 0 N–H and O–H groups in total. The fourth-order valence-corrected chi connectivity index (χ4v) is 3.09. The average Bonchev–Trinajstić information content (AvgIpc) is 2.86. The van der Waals surface area contributed by atoms with E-state index in [-0.39, 0.29) is 12.0 Å². The van der Waals surface area contributed by atoms with E-state index in [1.807, 2.05) is 16.3 Å². The van der Waals surface area contributed by atoms with Gasteiger partial charge < -0.3 is 9.64 Å². The van der Waals surface area contributed by atoms with E-state index in [1.165, 1.54) is 11.3 Å². The van der Waals surface area contributed by atoms with E-state index in [0.29, 0.717) is 25.6 Å². The molecule has 0 spiro atoms. The van der Waals surface area contributed by atoms with Gasteiger partial charge in [0, 0.05) is 13.1 Å². The first-order valence-electron chi connectivity index (χ1n) is 5.79. The first-order chi connectivity index (χ1) is 8.26. The zero-order valence-corrected chi connectivity index (χ0v) is 11.4. The van der Waals surface area contributed by atoms with Crippen molar-refractivity contribution in [3.05, 3.63) is 21.9 Å². The zero-order chi connectivity index (χ0) is 12.3. The third-order valence-corrected chi connectivity index (χ3v) is 4.21. The summed E-state index contributed by atoms with van der Waals surface area (Å²) in [5.74, 6) is 0.560. The Labute approximate surface area is 110 Å². The molecule has 2 heterocycles. The fraction of sp³-hybridized carbons (Fsp3) is 0.583. The van der Waals surface area contributed by atoms with Gasteiger partial charge in [-0.1, -0.05) is 6.92 Å². The summed E-state index contributed by atoms with van der Waals surface area (Å²) < 4.78 is 5.46. The van der Waals surface area contributed by atoms with Crippen molar-refractivity contribution in [1.29, 1.82) is 0 Å². The van der Waals surface area contributed by atoms with Gasteiger partial charge in [-0.3, -0.25) is 4.79 Å².